The second kappa shape index (κ2) is 14.8. The average Bonchev–Trinajstić information content (AvgIpc) is 2.77. The van der Waals surface area contributed by atoms with Gasteiger partial charge in [-0.3, -0.25) is 14.4 Å². The van der Waals surface area contributed by atoms with Gasteiger partial charge in [0, 0.05) is 25.1 Å². The van der Waals surface area contributed by atoms with Crippen LogP contribution in [0.3, 0.4) is 0 Å². The van der Waals surface area contributed by atoms with Gasteiger partial charge in [-0.25, -0.2) is 0 Å². The van der Waals surface area contributed by atoms with E-state index in [1.165, 1.54) is 12.2 Å². The Balaban J connectivity index is 2.53. The first-order valence-corrected chi connectivity index (χ1v) is 10.2. The first-order valence-electron chi connectivity index (χ1n) is 10.2. The Morgan fingerprint density at radius 2 is 1.40 bits per heavy atom. The molecule has 0 saturated heterocycles. The maximum atomic E-state index is 12.0. The van der Waals surface area contributed by atoms with Crippen molar-refractivity contribution in [1.82, 2.24) is 10.6 Å². The molecule has 0 fully saturated rings. The number of carbonyl (C=O) groups is 3. The van der Waals surface area contributed by atoms with Crippen molar-refractivity contribution in [1.29, 1.82) is 0 Å². The third-order valence-electron chi connectivity index (χ3n) is 4.21. The van der Waals surface area contributed by atoms with E-state index in [2.05, 4.69) is 23.8 Å². The Labute approximate surface area is 178 Å². The summed E-state index contributed by atoms with van der Waals surface area (Å²) in [6, 6.07) is 5.20. The molecule has 1 aromatic carbocycles. The number of nitrogens with one attached hydrogen (secondary N) is 2. The molecule has 0 radical (unpaired) electrons. The molecule has 164 valence electrons. The summed E-state index contributed by atoms with van der Waals surface area (Å²) in [7, 11) is 0. The molecule has 0 bridgehead atoms. The molecule has 0 aliphatic rings. The average molecular weight is 417 g/mol. The zero-order valence-electron chi connectivity index (χ0n) is 17.7. The van der Waals surface area contributed by atoms with Gasteiger partial charge in [-0.2, -0.15) is 0 Å². The van der Waals surface area contributed by atoms with Gasteiger partial charge >= 0.3 is 0 Å². The molecule has 1 aromatic rings. The standard InChI is InChI=1S/C23H32N2O5/c1-4-19(26)18-11-12-20(29-15-9-7-13-24-22(27)5-2)21(17-18)30-16-10-8-14-25-23(28)6-3/h5-6,11-12,17H,2-4,7-10,13-16H2,1H3,(H,24,27)(H,25,28). The van der Waals surface area contributed by atoms with Gasteiger partial charge in [0.25, 0.3) is 0 Å². The topological polar surface area (TPSA) is 93.7 Å². The molecule has 0 aliphatic carbocycles. The number of ketones is 1. The van der Waals surface area contributed by atoms with Crippen molar-refractivity contribution >= 4 is 17.6 Å². The smallest absolute Gasteiger partial charge is 0.243 e. The van der Waals surface area contributed by atoms with Crippen LogP contribution in [0.15, 0.2) is 43.5 Å². The second-order valence-corrected chi connectivity index (χ2v) is 6.54. The molecule has 0 heterocycles. The lowest BCUT2D eigenvalue weighted by molar-refractivity contribution is -0.117. The molecule has 7 heteroatoms. The Morgan fingerprint density at radius 3 is 1.90 bits per heavy atom. The van der Waals surface area contributed by atoms with E-state index in [-0.39, 0.29) is 17.6 Å². The third-order valence-corrected chi connectivity index (χ3v) is 4.21. The molecule has 0 atom stereocenters. The van der Waals surface area contributed by atoms with Gasteiger partial charge in [-0.1, -0.05) is 20.1 Å². The maximum Gasteiger partial charge on any atom is 0.243 e. The minimum atomic E-state index is -0.193. The summed E-state index contributed by atoms with van der Waals surface area (Å²) >= 11 is 0. The lowest BCUT2D eigenvalue weighted by atomic mass is 10.1. The van der Waals surface area contributed by atoms with E-state index in [1.54, 1.807) is 18.2 Å². The number of unbranched alkanes of at least 4 members (excludes halogenated alkanes) is 2. The van der Waals surface area contributed by atoms with Crippen molar-refractivity contribution in [3.8, 4) is 11.5 Å². The molecule has 30 heavy (non-hydrogen) atoms. The molecular formula is C23H32N2O5. The monoisotopic (exact) mass is 416 g/mol. The maximum absolute atomic E-state index is 12.0. The molecule has 0 aromatic heterocycles. The molecule has 0 unspecified atom stereocenters. The number of carbonyl (C=O) groups excluding carboxylic acids is 3. The van der Waals surface area contributed by atoms with Crippen LogP contribution in [-0.2, 0) is 9.59 Å². The van der Waals surface area contributed by atoms with Crippen LogP contribution in [-0.4, -0.2) is 43.9 Å². The Hall–Kier alpha value is -3.09. The zero-order valence-corrected chi connectivity index (χ0v) is 17.7. The van der Waals surface area contributed by atoms with Crippen molar-refractivity contribution in [3.05, 3.63) is 49.1 Å². The van der Waals surface area contributed by atoms with Crippen LogP contribution < -0.4 is 20.1 Å². The van der Waals surface area contributed by atoms with Crippen molar-refractivity contribution in [2.45, 2.75) is 39.0 Å². The fourth-order valence-electron chi connectivity index (χ4n) is 2.50. The van der Waals surface area contributed by atoms with Crippen molar-refractivity contribution in [2.75, 3.05) is 26.3 Å². The molecular weight excluding hydrogens is 384 g/mol. The van der Waals surface area contributed by atoms with Gasteiger partial charge < -0.3 is 20.1 Å². The summed E-state index contributed by atoms with van der Waals surface area (Å²) < 4.78 is 11.7. The van der Waals surface area contributed by atoms with E-state index in [9.17, 15) is 14.4 Å². The predicted molar refractivity (Wildman–Crippen MR) is 117 cm³/mol. The third kappa shape index (κ3) is 9.91. The predicted octanol–water partition coefficient (Wildman–Crippen LogP) is 3.20. The van der Waals surface area contributed by atoms with E-state index in [4.69, 9.17) is 9.47 Å². The van der Waals surface area contributed by atoms with Crippen molar-refractivity contribution in [3.63, 3.8) is 0 Å². The lowest BCUT2D eigenvalue weighted by Gasteiger charge is -2.14. The lowest BCUT2D eigenvalue weighted by Crippen LogP contribution is -2.22. The minimum absolute atomic E-state index is 0.0384. The van der Waals surface area contributed by atoms with Crippen LogP contribution in [0, 0.1) is 0 Å². The quantitative estimate of drug-likeness (QED) is 0.245. The SMILES string of the molecule is C=CC(=O)NCCCCOc1ccc(C(=O)CC)cc1OCCCCNC(=O)C=C. The number of Topliss-reactive ketones (excluding diaryl/α,β-unsaturated/α-hetero) is 1. The first kappa shape index (κ1) is 24.9. The highest BCUT2D eigenvalue weighted by Gasteiger charge is 2.11. The van der Waals surface area contributed by atoms with Gasteiger partial charge in [0.1, 0.15) is 0 Å². The molecule has 0 saturated carbocycles. The largest absolute Gasteiger partial charge is 0.490 e. The van der Waals surface area contributed by atoms with Crippen LogP contribution >= 0.6 is 0 Å². The summed E-state index contributed by atoms with van der Waals surface area (Å²) in [4.78, 5) is 34.2. The van der Waals surface area contributed by atoms with E-state index >= 15 is 0 Å². The van der Waals surface area contributed by atoms with Crippen LogP contribution in [0.25, 0.3) is 0 Å². The number of hydrogen-bond acceptors (Lipinski definition) is 5. The molecule has 0 spiro atoms. The number of benzene rings is 1. The Morgan fingerprint density at radius 1 is 0.867 bits per heavy atom. The summed E-state index contributed by atoms with van der Waals surface area (Å²) in [5, 5.41) is 5.43. The second-order valence-electron chi connectivity index (χ2n) is 6.54. The van der Waals surface area contributed by atoms with Crippen LogP contribution in [0.2, 0.25) is 0 Å². The molecule has 2 N–H and O–H groups in total. The van der Waals surface area contributed by atoms with Crippen molar-refractivity contribution in [2.24, 2.45) is 0 Å². The van der Waals surface area contributed by atoms with Crippen LogP contribution in [0.4, 0.5) is 0 Å². The van der Waals surface area contributed by atoms with Crippen LogP contribution in [0.5, 0.6) is 11.5 Å². The first-order chi connectivity index (χ1) is 14.5. The summed E-state index contributed by atoms with van der Waals surface area (Å²) in [6.45, 7) is 10.6. The highest BCUT2D eigenvalue weighted by molar-refractivity contribution is 5.96. The minimum Gasteiger partial charge on any atom is -0.490 e. The Bertz CT molecular complexity index is 730. The van der Waals surface area contributed by atoms with Gasteiger partial charge in [0.15, 0.2) is 17.3 Å². The van der Waals surface area contributed by atoms with E-state index in [1.807, 2.05) is 6.92 Å². The fraction of sp³-hybridized carbons (Fsp3) is 0.435. The summed E-state index contributed by atoms with van der Waals surface area (Å²) in [6.07, 6.45) is 5.94. The van der Waals surface area contributed by atoms with Gasteiger partial charge in [0.05, 0.1) is 13.2 Å². The van der Waals surface area contributed by atoms with E-state index in [0.29, 0.717) is 49.8 Å². The highest BCUT2D eigenvalue weighted by atomic mass is 16.5. The molecule has 2 amide bonds. The van der Waals surface area contributed by atoms with Gasteiger partial charge in [-0.05, 0) is 56.0 Å². The zero-order chi connectivity index (χ0) is 22.2. The number of ether oxygens (including phenoxy) is 2. The van der Waals surface area contributed by atoms with E-state index < -0.39 is 0 Å². The number of hydrogen-bond donors (Lipinski definition) is 2. The van der Waals surface area contributed by atoms with Gasteiger partial charge in [0.2, 0.25) is 11.8 Å². The number of amides is 2. The van der Waals surface area contributed by atoms with Gasteiger partial charge in [-0.15, -0.1) is 0 Å². The molecule has 0 aliphatic heterocycles. The highest BCUT2D eigenvalue weighted by Crippen LogP contribution is 2.29. The summed E-state index contributed by atoms with van der Waals surface area (Å²) in [5.74, 6) is 0.770. The Kier molecular flexibility index (Phi) is 12.3. The van der Waals surface area contributed by atoms with Crippen LogP contribution in [0.1, 0.15) is 49.4 Å². The normalized spacial score (nSPS) is 10.0. The van der Waals surface area contributed by atoms with E-state index in [0.717, 1.165) is 25.7 Å². The molecule has 7 nitrogen and oxygen atoms in total. The fourth-order valence-corrected chi connectivity index (χ4v) is 2.50. The molecule has 1 rings (SSSR count). The number of rotatable bonds is 16. The van der Waals surface area contributed by atoms with Crippen molar-refractivity contribution < 1.29 is 23.9 Å². The summed E-state index contributed by atoms with van der Waals surface area (Å²) in [5.41, 5.74) is 0.588.